The molecule has 0 aliphatic heterocycles. The van der Waals surface area contributed by atoms with Gasteiger partial charge in [0.1, 0.15) is 5.69 Å². The van der Waals surface area contributed by atoms with Crippen molar-refractivity contribution >= 4 is 38.7 Å². The number of hydrogen-bond donors (Lipinski definition) is 3. The summed E-state index contributed by atoms with van der Waals surface area (Å²) in [5.74, 6) is 0. The van der Waals surface area contributed by atoms with Crippen LogP contribution in [0.5, 0.6) is 0 Å². The molecule has 0 amide bonds. The molecule has 0 spiro atoms. The molecule has 3 N–H and O–H groups in total. The summed E-state index contributed by atoms with van der Waals surface area (Å²) in [6.07, 6.45) is 11.8. The third-order valence-electron chi connectivity index (χ3n) is 6.42. The van der Waals surface area contributed by atoms with Gasteiger partial charge in [-0.05, 0) is 73.9 Å². The highest BCUT2D eigenvalue weighted by atomic mass is 32.1. The molecule has 0 radical (unpaired) electrons. The van der Waals surface area contributed by atoms with E-state index in [2.05, 4.69) is 101 Å². The van der Waals surface area contributed by atoms with Crippen LogP contribution in [0.2, 0.25) is 0 Å². The van der Waals surface area contributed by atoms with Crippen LogP contribution in [0.15, 0.2) is 91.6 Å². The van der Waals surface area contributed by atoms with Crippen molar-refractivity contribution in [2.75, 3.05) is 0 Å². The first-order chi connectivity index (χ1) is 18.0. The fraction of sp³-hybridized carbons (Fsp3) is 0.161. The highest BCUT2D eigenvalue weighted by molar-refractivity contribution is 7.15. The largest absolute Gasteiger partial charge is 0.359 e. The lowest BCUT2D eigenvalue weighted by molar-refractivity contribution is 0.829. The van der Waals surface area contributed by atoms with Crippen LogP contribution in [0.3, 0.4) is 0 Å². The van der Waals surface area contributed by atoms with Crippen LogP contribution in [-0.2, 0) is 0 Å². The number of nitrogens with one attached hydrogen (secondary N) is 3. The smallest absolute Gasteiger partial charge is 0.116 e. The molecule has 1 aromatic carbocycles. The number of aryl methyl sites for hydroxylation is 1. The maximum atomic E-state index is 4.68. The molecule has 0 bridgehead atoms. The summed E-state index contributed by atoms with van der Waals surface area (Å²) in [6.45, 7) is 14.4. The van der Waals surface area contributed by atoms with Crippen molar-refractivity contribution in [2.45, 2.75) is 33.6 Å². The second kappa shape index (κ2) is 10.4. The first-order valence-corrected chi connectivity index (χ1v) is 13.3. The molecule has 5 nitrogen and oxygen atoms in total. The first-order valence-electron chi connectivity index (χ1n) is 12.5. The van der Waals surface area contributed by atoms with Crippen molar-refractivity contribution in [3.8, 4) is 21.8 Å². The van der Waals surface area contributed by atoms with Gasteiger partial charge in [0.2, 0.25) is 0 Å². The van der Waals surface area contributed by atoms with Crippen LogP contribution in [0, 0.1) is 6.92 Å². The van der Waals surface area contributed by atoms with E-state index in [9.17, 15) is 0 Å². The minimum Gasteiger partial charge on any atom is -0.359 e. The fourth-order valence-electron chi connectivity index (χ4n) is 4.57. The highest BCUT2D eigenvalue weighted by Gasteiger charge is 2.15. The lowest BCUT2D eigenvalue weighted by atomic mass is 10.0. The Morgan fingerprint density at radius 3 is 2.70 bits per heavy atom. The van der Waals surface area contributed by atoms with E-state index < -0.39 is 0 Å². The number of aromatic nitrogens is 4. The van der Waals surface area contributed by atoms with E-state index in [1.54, 1.807) is 11.3 Å². The van der Waals surface area contributed by atoms with Crippen LogP contribution < -0.4 is 5.32 Å². The maximum Gasteiger partial charge on any atom is 0.116 e. The molecule has 0 atom stereocenters. The molecule has 6 heteroatoms. The van der Waals surface area contributed by atoms with Gasteiger partial charge in [-0.2, -0.15) is 5.10 Å². The Morgan fingerprint density at radius 2 is 1.97 bits per heavy atom. The molecule has 186 valence electrons. The minimum absolute atomic E-state index is 0.888. The molecular weight excluding hydrogens is 474 g/mol. The number of benzene rings is 1. The predicted molar refractivity (Wildman–Crippen MR) is 158 cm³/mol. The van der Waals surface area contributed by atoms with Crippen molar-refractivity contribution in [1.29, 1.82) is 0 Å². The summed E-state index contributed by atoms with van der Waals surface area (Å²) in [4.78, 5) is 10.5. The molecule has 0 unspecified atom stereocenters. The predicted octanol–water partition coefficient (Wildman–Crippen LogP) is 8.52. The van der Waals surface area contributed by atoms with Crippen LogP contribution in [0.1, 0.15) is 37.1 Å². The summed E-state index contributed by atoms with van der Waals surface area (Å²) in [6, 6.07) is 12.9. The summed E-state index contributed by atoms with van der Waals surface area (Å²) < 4.78 is 0. The molecule has 0 fully saturated rings. The highest BCUT2D eigenvalue weighted by Crippen LogP contribution is 2.36. The molecule has 5 rings (SSSR count). The van der Waals surface area contributed by atoms with Crippen molar-refractivity contribution in [2.24, 2.45) is 0 Å². The number of thiophene rings is 1. The Balaban J connectivity index is 1.54. The zero-order chi connectivity index (χ0) is 25.9. The second-order valence-electron chi connectivity index (χ2n) is 9.10. The zero-order valence-corrected chi connectivity index (χ0v) is 22.3. The van der Waals surface area contributed by atoms with Crippen LogP contribution >= 0.6 is 11.3 Å². The quantitative estimate of drug-likeness (QED) is 0.176. The summed E-state index contributed by atoms with van der Waals surface area (Å²) in [5.41, 5.74) is 9.08. The summed E-state index contributed by atoms with van der Waals surface area (Å²) in [7, 11) is 0. The average molecular weight is 506 g/mol. The van der Waals surface area contributed by atoms with E-state index in [4.69, 9.17) is 0 Å². The topological polar surface area (TPSA) is 69.4 Å². The number of H-pyrrole nitrogens is 2. The number of pyridine rings is 1. The number of aromatic amines is 2. The van der Waals surface area contributed by atoms with E-state index in [-0.39, 0.29) is 0 Å². The van der Waals surface area contributed by atoms with Gasteiger partial charge in [-0.1, -0.05) is 38.6 Å². The van der Waals surface area contributed by atoms with Gasteiger partial charge in [0.25, 0.3) is 0 Å². The normalized spacial score (nSPS) is 12.4. The van der Waals surface area contributed by atoms with E-state index >= 15 is 0 Å². The molecule has 0 aliphatic rings. The van der Waals surface area contributed by atoms with Crippen LogP contribution in [-0.4, -0.2) is 20.2 Å². The molecular formula is C31H31N5S. The number of allylic oxidation sites excluding steroid dienone is 5. The molecule has 5 aromatic rings. The van der Waals surface area contributed by atoms with Gasteiger partial charge in [0.05, 0.1) is 22.9 Å². The SMILES string of the molecule is C=C/C(=C\C(=C/C)c1ccc2[nH]nc(-c3cc4c(-c5ccc(C)s5)cncc4[nH]3)c2c1)NC(=C)CCC. The number of fused-ring (bicyclic) bond motifs is 2. The first kappa shape index (κ1) is 24.5. The van der Waals surface area contributed by atoms with Gasteiger partial charge >= 0.3 is 0 Å². The van der Waals surface area contributed by atoms with Gasteiger partial charge in [0, 0.05) is 43.7 Å². The van der Waals surface area contributed by atoms with E-state index in [0.717, 1.165) is 74.1 Å². The molecule has 37 heavy (non-hydrogen) atoms. The van der Waals surface area contributed by atoms with E-state index in [1.807, 2.05) is 25.4 Å². The van der Waals surface area contributed by atoms with E-state index in [1.165, 1.54) is 9.75 Å². The monoisotopic (exact) mass is 505 g/mol. The van der Waals surface area contributed by atoms with Crippen molar-refractivity contribution < 1.29 is 0 Å². The number of nitrogens with zero attached hydrogens (tertiary/aromatic N) is 2. The molecule has 4 aromatic heterocycles. The van der Waals surface area contributed by atoms with Crippen LogP contribution in [0.25, 0.3) is 49.2 Å². The lowest BCUT2D eigenvalue weighted by Gasteiger charge is -2.11. The van der Waals surface area contributed by atoms with Gasteiger partial charge in [-0.25, -0.2) is 0 Å². The van der Waals surface area contributed by atoms with Gasteiger partial charge < -0.3 is 10.3 Å². The Morgan fingerprint density at radius 1 is 1.11 bits per heavy atom. The molecule has 0 aliphatic carbocycles. The minimum atomic E-state index is 0.888. The Kier molecular flexibility index (Phi) is 6.93. The molecule has 0 saturated heterocycles. The third-order valence-corrected chi connectivity index (χ3v) is 7.45. The molecule has 0 saturated carbocycles. The summed E-state index contributed by atoms with van der Waals surface area (Å²) >= 11 is 1.78. The lowest BCUT2D eigenvalue weighted by Crippen LogP contribution is -2.10. The van der Waals surface area contributed by atoms with E-state index in [0.29, 0.717) is 0 Å². The Labute approximate surface area is 221 Å². The summed E-state index contributed by atoms with van der Waals surface area (Å²) in [5, 5.41) is 13.5. The van der Waals surface area contributed by atoms with Crippen LogP contribution in [0.4, 0.5) is 0 Å². The van der Waals surface area contributed by atoms with Gasteiger partial charge in [-0.15, -0.1) is 11.3 Å². The fourth-order valence-corrected chi connectivity index (χ4v) is 5.46. The average Bonchev–Trinajstić information content (AvgIpc) is 3.63. The maximum absolute atomic E-state index is 4.68. The number of hydrogen-bond acceptors (Lipinski definition) is 4. The van der Waals surface area contributed by atoms with Gasteiger partial charge in [-0.3, -0.25) is 10.1 Å². The zero-order valence-electron chi connectivity index (χ0n) is 21.5. The second-order valence-corrected chi connectivity index (χ2v) is 10.4. The molecule has 4 heterocycles. The van der Waals surface area contributed by atoms with Crippen molar-refractivity contribution in [3.63, 3.8) is 0 Å². The van der Waals surface area contributed by atoms with Crippen molar-refractivity contribution in [1.82, 2.24) is 25.5 Å². The standard InChI is InChI=1S/C31H31N5S/c1-6-9-19(4)33-23(8-3)14-21(7-2)22-11-12-27-25(15-22)31(36-35-27)28-16-24-26(17-32-18-29(24)34-28)30-13-10-20(5)37-30/h7-8,10-18,33-34H,3-4,6,9H2,1-2,5H3,(H,35,36)/b21-7+,23-14+. The van der Waals surface area contributed by atoms with Crippen molar-refractivity contribution in [3.05, 3.63) is 102 Å². The Hall–Kier alpha value is -4.16. The van der Waals surface area contributed by atoms with Gasteiger partial charge in [0.15, 0.2) is 0 Å². The number of rotatable bonds is 9. The Bertz CT molecular complexity index is 1670. The third kappa shape index (κ3) is 4.93.